The van der Waals surface area contributed by atoms with E-state index in [1.54, 1.807) is 12.1 Å². The van der Waals surface area contributed by atoms with Crippen LogP contribution in [0, 0.1) is 10.1 Å². The number of hydrogen-bond donors (Lipinski definition) is 1. The lowest BCUT2D eigenvalue weighted by atomic mass is 10.2. The predicted octanol–water partition coefficient (Wildman–Crippen LogP) is 3.01. The van der Waals surface area contributed by atoms with E-state index in [1.165, 1.54) is 18.4 Å². The maximum absolute atomic E-state index is 11.9. The van der Waals surface area contributed by atoms with Crippen LogP contribution < -0.4 is 5.32 Å². The van der Waals surface area contributed by atoms with Gasteiger partial charge in [0.05, 0.1) is 17.6 Å². The van der Waals surface area contributed by atoms with Crippen molar-refractivity contribution in [3.8, 4) is 11.6 Å². The van der Waals surface area contributed by atoms with Gasteiger partial charge in [-0.15, -0.1) is 0 Å². The molecule has 0 spiro atoms. The predicted molar refractivity (Wildman–Crippen MR) is 98.0 cm³/mol. The maximum Gasteiger partial charge on any atom is 0.306 e. The standard InChI is InChI=1S/C17H13ClN4O7/c18-10-3-4-11(12(8-10)22(25)26)19-14(23)9-28-16(24)6-5-15-20-17(21-29-15)13-2-1-7-27-13/h1-4,7-8H,5-6,9H2,(H,19,23). The van der Waals surface area contributed by atoms with Crippen LogP contribution in [0.2, 0.25) is 5.02 Å². The average molecular weight is 421 g/mol. The van der Waals surface area contributed by atoms with Gasteiger partial charge in [0.2, 0.25) is 11.7 Å². The second kappa shape index (κ2) is 8.97. The van der Waals surface area contributed by atoms with Gasteiger partial charge < -0.3 is 19.0 Å². The number of rotatable bonds is 8. The molecule has 150 valence electrons. The number of nitro groups is 1. The average Bonchev–Trinajstić information content (AvgIpc) is 3.37. The van der Waals surface area contributed by atoms with E-state index in [-0.39, 0.29) is 41.0 Å². The van der Waals surface area contributed by atoms with Gasteiger partial charge in [0.25, 0.3) is 11.6 Å². The summed E-state index contributed by atoms with van der Waals surface area (Å²) in [6, 6.07) is 7.10. The van der Waals surface area contributed by atoms with Gasteiger partial charge >= 0.3 is 5.97 Å². The highest BCUT2D eigenvalue weighted by atomic mass is 35.5. The van der Waals surface area contributed by atoms with E-state index in [2.05, 4.69) is 15.5 Å². The number of nitrogens with one attached hydrogen (secondary N) is 1. The lowest BCUT2D eigenvalue weighted by Crippen LogP contribution is -2.21. The molecule has 11 nitrogen and oxygen atoms in total. The molecule has 0 saturated heterocycles. The molecule has 0 aliphatic carbocycles. The van der Waals surface area contributed by atoms with Gasteiger partial charge in [-0.05, 0) is 24.3 Å². The fourth-order valence-electron chi connectivity index (χ4n) is 2.24. The minimum Gasteiger partial charge on any atom is -0.461 e. The van der Waals surface area contributed by atoms with Crippen molar-refractivity contribution in [3.05, 3.63) is 57.6 Å². The number of esters is 1. The van der Waals surface area contributed by atoms with E-state index >= 15 is 0 Å². The molecular formula is C17H13ClN4O7. The number of carbonyl (C=O) groups is 2. The Morgan fingerprint density at radius 1 is 1.31 bits per heavy atom. The molecule has 1 amide bonds. The summed E-state index contributed by atoms with van der Waals surface area (Å²) in [6.07, 6.45) is 1.47. The van der Waals surface area contributed by atoms with Crippen molar-refractivity contribution in [2.75, 3.05) is 11.9 Å². The maximum atomic E-state index is 11.9. The molecule has 0 atom stereocenters. The Morgan fingerprint density at radius 3 is 2.86 bits per heavy atom. The summed E-state index contributed by atoms with van der Waals surface area (Å²) in [7, 11) is 0. The number of aromatic nitrogens is 2. The SMILES string of the molecule is O=C(COC(=O)CCc1nc(-c2ccco2)no1)Nc1ccc(Cl)cc1[N+](=O)[O-]. The molecule has 0 saturated carbocycles. The Hall–Kier alpha value is -3.73. The number of furan rings is 1. The highest BCUT2D eigenvalue weighted by Gasteiger charge is 2.18. The van der Waals surface area contributed by atoms with Gasteiger partial charge in [0, 0.05) is 17.5 Å². The van der Waals surface area contributed by atoms with E-state index in [1.807, 2.05) is 0 Å². The van der Waals surface area contributed by atoms with Crippen LogP contribution in [0.5, 0.6) is 0 Å². The number of aryl methyl sites for hydroxylation is 1. The van der Waals surface area contributed by atoms with Gasteiger partial charge in [0.1, 0.15) is 5.69 Å². The summed E-state index contributed by atoms with van der Waals surface area (Å²) in [6.45, 7) is -0.611. The van der Waals surface area contributed by atoms with Gasteiger partial charge in [-0.25, -0.2) is 0 Å². The van der Waals surface area contributed by atoms with Crippen LogP contribution >= 0.6 is 11.6 Å². The van der Waals surface area contributed by atoms with Crippen molar-refractivity contribution in [1.29, 1.82) is 0 Å². The van der Waals surface area contributed by atoms with Gasteiger partial charge in [-0.3, -0.25) is 19.7 Å². The van der Waals surface area contributed by atoms with Crippen LogP contribution in [-0.2, 0) is 20.7 Å². The highest BCUT2D eigenvalue weighted by Crippen LogP contribution is 2.27. The number of hydrogen-bond acceptors (Lipinski definition) is 9. The number of anilines is 1. The van der Waals surface area contributed by atoms with E-state index < -0.39 is 23.4 Å². The van der Waals surface area contributed by atoms with Crippen LogP contribution in [0.25, 0.3) is 11.6 Å². The Labute approximate surface area is 167 Å². The lowest BCUT2D eigenvalue weighted by molar-refractivity contribution is -0.383. The first-order valence-electron chi connectivity index (χ1n) is 8.18. The number of nitro benzene ring substituents is 1. The Morgan fingerprint density at radius 2 is 2.14 bits per heavy atom. The molecule has 0 aliphatic rings. The first-order valence-corrected chi connectivity index (χ1v) is 8.56. The number of carbonyl (C=O) groups excluding carboxylic acids is 2. The molecule has 2 aromatic heterocycles. The first-order chi connectivity index (χ1) is 13.9. The minimum atomic E-state index is -0.735. The van der Waals surface area contributed by atoms with E-state index in [0.717, 1.165) is 6.07 Å². The van der Waals surface area contributed by atoms with Crippen LogP contribution in [0.4, 0.5) is 11.4 Å². The van der Waals surface area contributed by atoms with Gasteiger partial charge in [-0.1, -0.05) is 16.8 Å². The summed E-state index contributed by atoms with van der Waals surface area (Å²) >= 11 is 5.71. The minimum absolute atomic E-state index is 0.0586. The fraction of sp³-hybridized carbons (Fsp3) is 0.176. The van der Waals surface area contributed by atoms with Gasteiger partial charge in [-0.2, -0.15) is 4.98 Å². The van der Waals surface area contributed by atoms with Crippen molar-refractivity contribution in [2.24, 2.45) is 0 Å². The number of amides is 1. The number of nitrogens with zero attached hydrogens (tertiary/aromatic N) is 3. The molecule has 0 bridgehead atoms. The molecule has 0 radical (unpaired) electrons. The van der Waals surface area contributed by atoms with Crippen molar-refractivity contribution in [3.63, 3.8) is 0 Å². The fourth-order valence-corrected chi connectivity index (χ4v) is 2.40. The molecule has 3 rings (SSSR count). The topological polar surface area (TPSA) is 151 Å². The zero-order chi connectivity index (χ0) is 20.8. The lowest BCUT2D eigenvalue weighted by Gasteiger charge is -2.07. The highest BCUT2D eigenvalue weighted by molar-refractivity contribution is 6.31. The second-order valence-corrected chi connectivity index (χ2v) is 6.05. The third-order valence-electron chi connectivity index (χ3n) is 3.55. The normalized spacial score (nSPS) is 10.5. The molecule has 0 unspecified atom stereocenters. The van der Waals surface area contributed by atoms with Crippen LogP contribution in [-0.4, -0.2) is 33.5 Å². The van der Waals surface area contributed by atoms with Crippen molar-refractivity contribution >= 4 is 34.9 Å². The van der Waals surface area contributed by atoms with Gasteiger partial charge in [0.15, 0.2) is 12.4 Å². The third kappa shape index (κ3) is 5.39. The molecule has 2 heterocycles. The van der Waals surface area contributed by atoms with Crippen LogP contribution in [0.3, 0.4) is 0 Å². The summed E-state index contributed by atoms with van der Waals surface area (Å²) in [5, 5.41) is 17.2. The number of halogens is 1. The number of ether oxygens (including phenoxy) is 1. The van der Waals surface area contributed by atoms with Crippen molar-refractivity contribution in [1.82, 2.24) is 10.1 Å². The summed E-state index contributed by atoms with van der Waals surface area (Å²) in [5.74, 6) is -0.530. The molecule has 1 N–H and O–H groups in total. The third-order valence-corrected chi connectivity index (χ3v) is 3.78. The summed E-state index contributed by atoms with van der Waals surface area (Å²) in [5.41, 5.74) is -0.433. The Kier molecular flexibility index (Phi) is 6.19. The quantitative estimate of drug-likeness (QED) is 0.329. The molecule has 29 heavy (non-hydrogen) atoms. The molecule has 12 heteroatoms. The summed E-state index contributed by atoms with van der Waals surface area (Å²) in [4.78, 5) is 38.1. The van der Waals surface area contributed by atoms with Crippen molar-refractivity contribution in [2.45, 2.75) is 12.8 Å². The van der Waals surface area contributed by atoms with Crippen molar-refractivity contribution < 1.29 is 28.2 Å². The largest absolute Gasteiger partial charge is 0.461 e. The molecule has 0 fully saturated rings. The Bertz CT molecular complexity index is 1030. The van der Waals surface area contributed by atoms with Crippen LogP contribution in [0.1, 0.15) is 12.3 Å². The number of benzene rings is 1. The molecule has 3 aromatic rings. The van der Waals surface area contributed by atoms with Crippen LogP contribution in [0.15, 0.2) is 45.5 Å². The Balaban J connectivity index is 1.46. The molecule has 0 aliphatic heterocycles. The first kappa shape index (κ1) is 20.0. The van der Waals surface area contributed by atoms with E-state index in [4.69, 9.17) is 25.3 Å². The van der Waals surface area contributed by atoms with E-state index in [0.29, 0.717) is 5.76 Å². The second-order valence-electron chi connectivity index (χ2n) is 5.62. The molecular weight excluding hydrogens is 408 g/mol. The van der Waals surface area contributed by atoms with E-state index in [9.17, 15) is 19.7 Å². The monoisotopic (exact) mass is 420 g/mol. The smallest absolute Gasteiger partial charge is 0.306 e. The zero-order valence-electron chi connectivity index (χ0n) is 14.7. The summed E-state index contributed by atoms with van der Waals surface area (Å²) < 4.78 is 15.0. The molecule has 1 aromatic carbocycles. The zero-order valence-corrected chi connectivity index (χ0v) is 15.4.